The van der Waals surface area contributed by atoms with Crippen molar-refractivity contribution in [2.75, 3.05) is 5.73 Å². The SMILES string of the molecule is Nc1c2c(nc3ccccc13)CCc1cnn(-c3ccccc3)c1-2. The molecule has 2 aromatic carbocycles. The van der Waals surface area contributed by atoms with Crippen LogP contribution in [0.5, 0.6) is 0 Å². The molecule has 2 N–H and O–H groups in total. The molecular weight excluding hydrogens is 296 g/mol. The van der Waals surface area contributed by atoms with Crippen molar-refractivity contribution in [3.8, 4) is 16.9 Å². The summed E-state index contributed by atoms with van der Waals surface area (Å²) in [5.74, 6) is 0. The Labute approximate surface area is 139 Å². The molecule has 0 radical (unpaired) electrons. The first-order valence-electron chi connectivity index (χ1n) is 8.13. The molecule has 0 amide bonds. The first kappa shape index (κ1) is 13.3. The average Bonchev–Trinajstić information content (AvgIpc) is 3.06. The molecule has 4 nitrogen and oxygen atoms in total. The van der Waals surface area contributed by atoms with Gasteiger partial charge in [-0.05, 0) is 36.6 Å². The third-order valence-corrected chi connectivity index (χ3v) is 4.72. The van der Waals surface area contributed by atoms with E-state index in [9.17, 15) is 0 Å². The number of fused-ring (bicyclic) bond motifs is 4. The van der Waals surface area contributed by atoms with Crippen LogP contribution in [0.1, 0.15) is 11.3 Å². The first-order valence-corrected chi connectivity index (χ1v) is 8.13. The number of para-hydroxylation sites is 2. The summed E-state index contributed by atoms with van der Waals surface area (Å²) in [6.45, 7) is 0. The Hall–Kier alpha value is -3.14. The van der Waals surface area contributed by atoms with Crippen LogP contribution in [-0.4, -0.2) is 14.8 Å². The summed E-state index contributed by atoms with van der Waals surface area (Å²) < 4.78 is 1.99. The van der Waals surface area contributed by atoms with Crippen LogP contribution in [-0.2, 0) is 12.8 Å². The number of aromatic nitrogens is 3. The van der Waals surface area contributed by atoms with Gasteiger partial charge in [-0.1, -0.05) is 36.4 Å². The quantitative estimate of drug-likeness (QED) is 0.582. The molecule has 116 valence electrons. The number of rotatable bonds is 1. The van der Waals surface area contributed by atoms with Gasteiger partial charge in [-0.3, -0.25) is 4.98 Å². The molecule has 0 unspecified atom stereocenters. The second-order valence-corrected chi connectivity index (χ2v) is 6.13. The Balaban J connectivity index is 1.85. The Morgan fingerprint density at radius 1 is 0.917 bits per heavy atom. The van der Waals surface area contributed by atoms with Gasteiger partial charge in [-0.2, -0.15) is 5.10 Å². The zero-order chi connectivity index (χ0) is 16.1. The second-order valence-electron chi connectivity index (χ2n) is 6.13. The smallest absolute Gasteiger partial charge is 0.0812 e. The van der Waals surface area contributed by atoms with Crippen molar-refractivity contribution >= 4 is 16.6 Å². The lowest BCUT2D eigenvalue weighted by Gasteiger charge is -2.21. The predicted molar refractivity (Wildman–Crippen MR) is 96.1 cm³/mol. The fourth-order valence-corrected chi connectivity index (χ4v) is 3.59. The highest BCUT2D eigenvalue weighted by Crippen LogP contribution is 2.40. The van der Waals surface area contributed by atoms with Crippen molar-refractivity contribution in [3.63, 3.8) is 0 Å². The van der Waals surface area contributed by atoms with Crippen LogP contribution in [0.2, 0.25) is 0 Å². The molecule has 0 atom stereocenters. The van der Waals surface area contributed by atoms with E-state index in [0.29, 0.717) is 0 Å². The molecule has 24 heavy (non-hydrogen) atoms. The van der Waals surface area contributed by atoms with E-state index < -0.39 is 0 Å². The fraction of sp³-hybridized carbons (Fsp3) is 0.100. The molecule has 5 rings (SSSR count). The van der Waals surface area contributed by atoms with Crippen molar-refractivity contribution in [2.24, 2.45) is 0 Å². The average molecular weight is 312 g/mol. The van der Waals surface area contributed by atoms with Gasteiger partial charge in [0.2, 0.25) is 0 Å². The molecule has 1 aliphatic rings. The standard InChI is InChI=1S/C20H16N4/c21-19-15-8-4-5-9-16(15)23-17-11-10-13-12-22-24(20(13)18(17)19)14-6-2-1-3-7-14/h1-9,12H,10-11H2,(H2,21,23). The van der Waals surface area contributed by atoms with E-state index in [2.05, 4.69) is 17.2 Å². The topological polar surface area (TPSA) is 56.7 Å². The van der Waals surface area contributed by atoms with Crippen molar-refractivity contribution in [1.82, 2.24) is 14.8 Å². The van der Waals surface area contributed by atoms with E-state index in [1.165, 1.54) is 5.56 Å². The van der Waals surface area contributed by atoms with Gasteiger partial charge in [-0.15, -0.1) is 0 Å². The highest BCUT2D eigenvalue weighted by atomic mass is 15.3. The predicted octanol–water partition coefficient (Wildman–Crippen LogP) is 3.77. The summed E-state index contributed by atoms with van der Waals surface area (Å²) in [5, 5.41) is 5.63. The van der Waals surface area contributed by atoms with E-state index in [1.54, 1.807) is 0 Å². The lowest BCUT2D eigenvalue weighted by atomic mass is 9.91. The summed E-state index contributed by atoms with van der Waals surface area (Å²) in [4.78, 5) is 4.87. The molecule has 0 aliphatic heterocycles. The molecule has 1 aliphatic carbocycles. The molecule has 0 saturated heterocycles. The molecule has 0 spiro atoms. The maximum atomic E-state index is 6.58. The monoisotopic (exact) mass is 312 g/mol. The molecular formula is C20H16N4. The van der Waals surface area contributed by atoms with Crippen LogP contribution in [0.15, 0.2) is 60.8 Å². The van der Waals surface area contributed by atoms with Gasteiger partial charge in [0.1, 0.15) is 0 Å². The number of benzene rings is 2. The maximum Gasteiger partial charge on any atom is 0.0812 e. The van der Waals surface area contributed by atoms with E-state index in [4.69, 9.17) is 10.7 Å². The normalized spacial score (nSPS) is 12.8. The largest absolute Gasteiger partial charge is 0.398 e. The van der Waals surface area contributed by atoms with Gasteiger partial charge in [0.25, 0.3) is 0 Å². The summed E-state index contributed by atoms with van der Waals surface area (Å²) in [5.41, 5.74) is 13.8. The number of hydrogen-bond donors (Lipinski definition) is 1. The number of anilines is 1. The summed E-state index contributed by atoms with van der Waals surface area (Å²) >= 11 is 0. The van der Waals surface area contributed by atoms with Gasteiger partial charge in [0.15, 0.2) is 0 Å². The summed E-state index contributed by atoms with van der Waals surface area (Å²) in [6.07, 6.45) is 3.80. The van der Waals surface area contributed by atoms with Crippen LogP contribution < -0.4 is 5.73 Å². The van der Waals surface area contributed by atoms with Crippen molar-refractivity contribution in [3.05, 3.63) is 72.1 Å². The summed E-state index contributed by atoms with van der Waals surface area (Å²) in [7, 11) is 0. The number of nitrogen functional groups attached to an aromatic ring is 1. The highest BCUT2D eigenvalue weighted by molar-refractivity contribution is 5.99. The lowest BCUT2D eigenvalue weighted by molar-refractivity contribution is 0.866. The van der Waals surface area contributed by atoms with Gasteiger partial charge >= 0.3 is 0 Å². The number of hydrogen-bond acceptors (Lipinski definition) is 3. The zero-order valence-corrected chi connectivity index (χ0v) is 13.1. The molecule has 0 fully saturated rings. The summed E-state index contributed by atoms with van der Waals surface area (Å²) in [6, 6.07) is 18.2. The van der Waals surface area contributed by atoms with Crippen LogP contribution >= 0.6 is 0 Å². The van der Waals surface area contributed by atoms with Crippen LogP contribution in [0.25, 0.3) is 27.8 Å². The lowest BCUT2D eigenvalue weighted by Crippen LogP contribution is -2.11. The molecule has 4 aromatic rings. The molecule has 2 heterocycles. The maximum absolute atomic E-state index is 6.58. The third kappa shape index (κ3) is 1.80. The van der Waals surface area contributed by atoms with Gasteiger partial charge in [-0.25, -0.2) is 4.68 Å². The number of aryl methyl sites for hydroxylation is 2. The first-order chi connectivity index (χ1) is 11.8. The van der Waals surface area contributed by atoms with Crippen LogP contribution in [0.4, 0.5) is 5.69 Å². The Morgan fingerprint density at radius 2 is 1.71 bits per heavy atom. The van der Waals surface area contributed by atoms with Gasteiger partial charge in [0, 0.05) is 10.9 Å². The second kappa shape index (κ2) is 4.93. The van der Waals surface area contributed by atoms with Crippen molar-refractivity contribution in [2.45, 2.75) is 12.8 Å². The minimum Gasteiger partial charge on any atom is -0.398 e. The minimum absolute atomic E-state index is 0.800. The zero-order valence-electron chi connectivity index (χ0n) is 13.1. The third-order valence-electron chi connectivity index (χ3n) is 4.72. The highest BCUT2D eigenvalue weighted by Gasteiger charge is 2.26. The minimum atomic E-state index is 0.800. The molecule has 0 saturated carbocycles. The van der Waals surface area contributed by atoms with Gasteiger partial charge in [0.05, 0.1) is 34.5 Å². The van der Waals surface area contributed by atoms with E-state index >= 15 is 0 Å². The number of nitrogens with two attached hydrogens (primary N) is 1. The molecule has 4 heteroatoms. The number of pyridine rings is 1. The fourth-order valence-electron chi connectivity index (χ4n) is 3.59. The molecule has 0 bridgehead atoms. The molecule has 2 aromatic heterocycles. The van der Waals surface area contributed by atoms with Crippen LogP contribution in [0, 0.1) is 0 Å². The van der Waals surface area contributed by atoms with E-state index in [0.717, 1.165) is 52.1 Å². The Bertz CT molecular complexity index is 1060. The van der Waals surface area contributed by atoms with Gasteiger partial charge < -0.3 is 5.73 Å². The number of nitrogens with zero attached hydrogens (tertiary/aromatic N) is 3. The van der Waals surface area contributed by atoms with E-state index in [-0.39, 0.29) is 0 Å². The Morgan fingerprint density at radius 3 is 2.58 bits per heavy atom. The van der Waals surface area contributed by atoms with E-state index in [1.807, 2.05) is 53.3 Å². The van der Waals surface area contributed by atoms with Crippen LogP contribution in [0.3, 0.4) is 0 Å². The Kier molecular flexibility index (Phi) is 2.73. The van der Waals surface area contributed by atoms with Crippen molar-refractivity contribution in [1.29, 1.82) is 0 Å². The van der Waals surface area contributed by atoms with Crippen molar-refractivity contribution < 1.29 is 0 Å².